The van der Waals surface area contributed by atoms with Gasteiger partial charge in [-0.1, -0.05) is 304 Å². The average molecular weight is 1230 g/mol. The number of hydrogen-bond donors (Lipinski definition) is 1. The summed E-state index contributed by atoms with van der Waals surface area (Å²) in [6, 6.07) is 18.7. The number of hydrogen-bond acceptors (Lipinski definition) is 8. The van der Waals surface area contributed by atoms with E-state index in [1.807, 2.05) is 18.2 Å². The van der Waals surface area contributed by atoms with E-state index >= 15 is 0 Å². The van der Waals surface area contributed by atoms with E-state index in [1.54, 1.807) is 0 Å². The Kier molecular flexibility index (Phi) is 52.8. The molecule has 0 amide bonds. The number of thiol groups is 1. The molecular weight excluding hydrogens is 1090 g/mol. The molecule has 0 aliphatic carbocycles. The van der Waals surface area contributed by atoms with Crippen molar-refractivity contribution in [2.45, 2.75) is 356 Å². The first-order chi connectivity index (χ1) is 43.1. The first kappa shape index (κ1) is 77.9. The monoisotopic (exact) mass is 1230 g/mol. The molecule has 0 unspecified atom stereocenters. The van der Waals surface area contributed by atoms with Crippen LogP contribution in [0.4, 0.5) is 0 Å². The van der Waals surface area contributed by atoms with Gasteiger partial charge in [0, 0.05) is 30.3 Å². The number of rotatable bonds is 66. The Bertz CT molecular complexity index is 1750. The van der Waals surface area contributed by atoms with Crippen molar-refractivity contribution in [2.24, 2.45) is 0 Å². The summed E-state index contributed by atoms with van der Waals surface area (Å²) in [5.41, 5.74) is 2.04. The molecule has 3 rings (SSSR count). The normalized spacial score (nSPS) is 11.4. The lowest BCUT2D eigenvalue weighted by atomic mass is 10.1. The molecule has 500 valence electrons. The van der Waals surface area contributed by atoms with E-state index < -0.39 is 0 Å². The Morgan fingerprint density at radius 2 is 0.356 bits per heavy atom. The van der Waals surface area contributed by atoms with Crippen LogP contribution in [0.2, 0.25) is 0 Å². The molecule has 3 aromatic carbocycles. The van der Waals surface area contributed by atoms with Crippen molar-refractivity contribution in [2.75, 3.05) is 38.8 Å². The Balaban J connectivity index is 1.73. The number of benzene rings is 3. The smallest absolute Gasteiger partial charge is 0.127 e. The molecule has 0 heterocycles. The van der Waals surface area contributed by atoms with Crippen LogP contribution in [-0.2, 0) is 13.2 Å². The van der Waals surface area contributed by atoms with Gasteiger partial charge in [-0.25, -0.2) is 0 Å². The SMILES string of the molecule is CCCCCCCCCCCCOc1cc(COc2cc(OCCCCCCCCCCCS)cc(OCc3cc(OCCCCCCCCCCCC)cc(OCCCCCCCCCCCC)c3)c2)cc(OCCCCCCCCCCCC)c1. The summed E-state index contributed by atoms with van der Waals surface area (Å²) < 4.78 is 45.8. The van der Waals surface area contributed by atoms with Crippen LogP contribution in [-0.4, -0.2) is 38.8 Å². The van der Waals surface area contributed by atoms with Crippen molar-refractivity contribution >= 4 is 12.6 Å². The molecule has 8 heteroatoms. The molecule has 0 aliphatic heterocycles. The van der Waals surface area contributed by atoms with Crippen molar-refractivity contribution in [1.29, 1.82) is 0 Å². The van der Waals surface area contributed by atoms with E-state index in [2.05, 4.69) is 76.7 Å². The molecule has 0 aromatic heterocycles. The largest absolute Gasteiger partial charge is 0.493 e. The lowest BCUT2D eigenvalue weighted by molar-refractivity contribution is 0.269. The molecule has 7 nitrogen and oxygen atoms in total. The quantitative estimate of drug-likeness (QED) is 0.0446. The minimum absolute atomic E-state index is 0.361. The van der Waals surface area contributed by atoms with Crippen LogP contribution < -0.4 is 33.2 Å². The summed E-state index contributed by atoms with van der Waals surface area (Å²) in [4.78, 5) is 0. The zero-order valence-corrected chi connectivity index (χ0v) is 58.2. The number of unbranched alkanes of at least 4 members (excludes halogenated alkanes) is 44. The summed E-state index contributed by atoms with van der Waals surface area (Å²) >= 11 is 4.38. The second-order valence-corrected chi connectivity index (χ2v) is 26.2. The van der Waals surface area contributed by atoms with Gasteiger partial charge in [0.2, 0.25) is 0 Å². The maximum Gasteiger partial charge on any atom is 0.127 e. The van der Waals surface area contributed by atoms with E-state index in [9.17, 15) is 0 Å². The molecule has 87 heavy (non-hydrogen) atoms. The summed E-state index contributed by atoms with van der Waals surface area (Å²) in [5.74, 6) is 6.57. The van der Waals surface area contributed by atoms with Gasteiger partial charge in [0.15, 0.2) is 0 Å². The minimum Gasteiger partial charge on any atom is -0.493 e. The lowest BCUT2D eigenvalue weighted by Gasteiger charge is -2.16. The van der Waals surface area contributed by atoms with Gasteiger partial charge in [0.25, 0.3) is 0 Å². The minimum atomic E-state index is 0.361. The van der Waals surface area contributed by atoms with Gasteiger partial charge < -0.3 is 33.2 Å². The maximum absolute atomic E-state index is 6.70. The lowest BCUT2D eigenvalue weighted by Crippen LogP contribution is -2.04. The Morgan fingerprint density at radius 1 is 0.195 bits per heavy atom. The van der Waals surface area contributed by atoms with Crippen LogP contribution in [0.1, 0.15) is 353 Å². The molecule has 0 radical (unpaired) electrons. The van der Waals surface area contributed by atoms with E-state index in [0.717, 1.165) is 77.7 Å². The molecule has 0 atom stereocenters. The van der Waals surface area contributed by atoms with E-state index in [0.29, 0.717) is 57.7 Å². The van der Waals surface area contributed by atoms with Crippen LogP contribution in [0, 0.1) is 0 Å². The topological polar surface area (TPSA) is 64.6 Å². The Labute approximate surface area is 543 Å². The fourth-order valence-corrected chi connectivity index (χ4v) is 11.9. The zero-order valence-electron chi connectivity index (χ0n) is 57.3. The van der Waals surface area contributed by atoms with Crippen LogP contribution in [0.3, 0.4) is 0 Å². The van der Waals surface area contributed by atoms with Crippen LogP contribution in [0.5, 0.6) is 40.2 Å². The van der Waals surface area contributed by atoms with Crippen LogP contribution in [0.15, 0.2) is 54.6 Å². The third-order valence-electron chi connectivity index (χ3n) is 17.2. The molecule has 0 aliphatic rings. The summed E-state index contributed by atoms with van der Waals surface area (Å²) in [6.07, 6.45) is 63.3. The molecule has 0 saturated heterocycles. The van der Waals surface area contributed by atoms with Gasteiger partial charge in [-0.2, -0.15) is 12.6 Å². The molecule has 0 N–H and O–H groups in total. The van der Waals surface area contributed by atoms with Crippen molar-refractivity contribution < 1.29 is 33.2 Å². The third kappa shape index (κ3) is 46.4. The fraction of sp³-hybridized carbons (Fsp3) is 0.772. The van der Waals surface area contributed by atoms with Gasteiger partial charge in [-0.05, 0) is 79.7 Å². The van der Waals surface area contributed by atoms with Crippen molar-refractivity contribution in [1.82, 2.24) is 0 Å². The predicted octanol–water partition coefficient (Wildman–Crippen LogP) is 25.9. The molecule has 0 saturated carbocycles. The zero-order chi connectivity index (χ0) is 61.8. The molecule has 0 spiro atoms. The van der Waals surface area contributed by atoms with Gasteiger partial charge >= 0.3 is 0 Å². The third-order valence-corrected chi connectivity index (χ3v) is 17.5. The predicted molar refractivity (Wildman–Crippen MR) is 378 cm³/mol. The summed E-state index contributed by atoms with van der Waals surface area (Å²) in [6.45, 7) is 13.4. The van der Waals surface area contributed by atoms with E-state index in [1.165, 1.54) is 283 Å². The van der Waals surface area contributed by atoms with Gasteiger partial charge in [0.05, 0.1) is 33.0 Å². The summed E-state index contributed by atoms with van der Waals surface area (Å²) in [5, 5.41) is 0. The van der Waals surface area contributed by atoms with Gasteiger partial charge in [-0.3, -0.25) is 0 Å². The van der Waals surface area contributed by atoms with E-state index in [4.69, 9.17) is 33.2 Å². The Morgan fingerprint density at radius 3 is 0.552 bits per heavy atom. The first-order valence-electron chi connectivity index (χ1n) is 37.5. The first-order valence-corrected chi connectivity index (χ1v) is 38.1. The molecule has 0 fully saturated rings. The second kappa shape index (κ2) is 58.9. The average Bonchev–Trinajstić information content (AvgIpc) is 3.30. The van der Waals surface area contributed by atoms with Crippen LogP contribution >= 0.6 is 12.6 Å². The van der Waals surface area contributed by atoms with E-state index in [-0.39, 0.29) is 0 Å². The molecule has 0 bridgehead atoms. The van der Waals surface area contributed by atoms with Crippen molar-refractivity contribution in [3.63, 3.8) is 0 Å². The second-order valence-electron chi connectivity index (χ2n) is 25.7. The number of ether oxygens (including phenoxy) is 7. The van der Waals surface area contributed by atoms with Crippen molar-refractivity contribution in [3.8, 4) is 40.2 Å². The highest BCUT2D eigenvalue weighted by molar-refractivity contribution is 7.80. The standard InChI is InChI=1S/C79H136O7S/c1-5-9-13-17-21-25-30-36-42-48-54-80-73-60-71(61-74(64-73)81-55-49-43-37-31-26-22-18-14-10-6-2)69-85-78-66-77(84-58-52-46-40-34-29-35-41-47-53-59-87)67-79(68-78)86-70-72-62-75(82-56-50-44-38-32-27-23-19-15-11-7-3)65-76(63-72)83-57-51-45-39-33-28-24-20-16-12-8-4/h60-68,87H,5-59,69-70H2,1-4H3. The van der Waals surface area contributed by atoms with Gasteiger partial charge in [-0.15, -0.1) is 0 Å². The van der Waals surface area contributed by atoms with Gasteiger partial charge in [0.1, 0.15) is 53.5 Å². The highest BCUT2D eigenvalue weighted by Gasteiger charge is 2.12. The van der Waals surface area contributed by atoms with Crippen LogP contribution in [0.25, 0.3) is 0 Å². The summed E-state index contributed by atoms with van der Waals surface area (Å²) in [7, 11) is 0. The highest BCUT2D eigenvalue weighted by atomic mass is 32.1. The van der Waals surface area contributed by atoms with Crippen molar-refractivity contribution in [3.05, 3.63) is 65.7 Å². The Hall–Kier alpha value is -3.39. The molecule has 3 aromatic rings. The fourth-order valence-electron chi connectivity index (χ4n) is 11.6. The molecular formula is C79H136O7S. The maximum atomic E-state index is 6.70. The highest BCUT2D eigenvalue weighted by Crippen LogP contribution is 2.32.